The summed E-state index contributed by atoms with van der Waals surface area (Å²) >= 11 is 0. The summed E-state index contributed by atoms with van der Waals surface area (Å²) in [7, 11) is 0. The molecule has 0 radical (unpaired) electrons. The molecule has 0 aliphatic carbocycles. The first-order valence-corrected chi connectivity index (χ1v) is 6.14. The summed E-state index contributed by atoms with van der Waals surface area (Å²) in [4.78, 5) is 4.10. The Morgan fingerprint density at radius 2 is 2.21 bits per heavy atom. The molecule has 0 amide bonds. The van der Waals surface area contributed by atoms with Crippen molar-refractivity contribution in [1.29, 1.82) is 0 Å². The fraction of sp³-hybridized carbons (Fsp3) is 0.231. The van der Waals surface area contributed by atoms with Crippen LogP contribution in [0.25, 0.3) is 5.65 Å². The van der Waals surface area contributed by atoms with Crippen LogP contribution in [-0.2, 0) is 6.42 Å². The lowest BCUT2D eigenvalue weighted by molar-refractivity contribution is 0.818. The Kier molecular flexibility index (Phi) is 3.06. The lowest BCUT2D eigenvalue weighted by Crippen LogP contribution is -2.09. The van der Waals surface area contributed by atoms with Gasteiger partial charge in [0.05, 0.1) is 12.4 Å². The molecule has 0 atom stereocenters. The largest absolute Gasteiger partial charge is 0.368 e. The molecule has 0 bridgehead atoms. The lowest BCUT2D eigenvalue weighted by Gasteiger charge is -2.07. The topological polar surface area (TPSA) is 68.0 Å². The fourth-order valence-corrected chi connectivity index (χ4v) is 2.00. The van der Waals surface area contributed by atoms with Gasteiger partial charge in [0.15, 0.2) is 5.65 Å². The molecular formula is C13H14N6. The van der Waals surface area contributed by atoms with Gasteiger partial charge in [-0.2, -0.15) is 4.52 Å². The number of nitrogens with one attached hydrogen (secondary N) is 1. The number of fused-ring (bicyclic) bond motifs is 1. The predicted molar refractivity (Wildman–Crippen MR) is 71.9 cm³/mol. The van der Waals surface area contributed by atoms with Gasteiger partial charge in [-0.1, -0.05) is 29.8 Å². The van der Waals surface area contributed by atoms with Gasteiger partial charge in [-0.3, -0.25) is 4.98 Å². The molecule has 1 aromatic carbocycles. The highest BCUT2D eigenvalue weighted by atomic mass is 15.5. The second-order valence-corrected chi connectivity index (χ2v) is 4.41. The van der Waals surface area contributed by atoms with Crippen molar-refractivity contribution in [3.8, 4) is 0 Å². The summed E-state index contributed by atoms with van der Waals surface area (Å²) in [5, 5.41) is 14.7. The van der Waals surface area contributed by atoms with Crippen LogP contribution in [0.5, 0.6) is 0 Å². The molecule has 19 heavy (non-hydrogen) atoms. The molecule has 3 aromatic rings. The average Bonchev–Trinajstić information content (AvgIpc) is 2.88. The molecule has 0 saturated carbocycles. The van der Waals surface area contributed by atoms with Crippen LogP contribution in [0.15, 0.2) is 36.7 Å². The highest BCUT2D eigenvalue weighted by molar-refractivity contribution is 5.43. The second kappa shape index (κ2) is 5.01. The molecule has 0 spiro atoms. The van der Waals surface area contributed by atoms with Gasteiger partial charge in [0, 0.05) is 6.54 Å². The third kappa shape index (κ3) is 2.52. The molecule has 6 nitrogen and oxygen atoms in total. The van der Waals surface area contributed by atoms with Gasteiger partial charge in [0.1, 0.15) is 5.82 Å². The summed E-state index contributed by atoms with van der Waals surface area (Å²) in [5.74, 6) is 0.801. The van der Waals surface area contributed by atoms with E-state index in [9.17, 15) is 0 Å². The monoisotopic (exact) mass is 254 g/mol. The minimum Gasteiger partial charge on any atom is -0.368 e. The highest BCUT2D eigenvalue weighted by Gasteiger charge is 2.03. The van der Waals surface area contributed by atoms with Crippen LogP contribution >= 0.6 is 0 Å². The molecule has 3 rings (SSSR count). The molecule has 0 aliphatic rings. The lowest BCUT2D eigenvalue weighted by atomic mass is 10.1. The Labute approximate surface area is 110 Å². The van der Waals surface area contributed by atoms with Gasteiger partial charge in [0.25, 0.3) is 0 Å². The first kappa shape index (κ1) is 11.6. The Morgan fingerprint density at radius 3 is 3.11 bits per heavy atom. The number of aromatic nitrogens is 5. The first-order valence-electron chi connectivity index (χ1n) is 6.14. The summed E-state index contributed by atoms with van der Waals surface area (Å²) < 4.78 is 1.64. The third-order valence-electron chi connectivity index (χ3n) is 2.91. The Hall–Kier alpha value is -2.50. The summed E-state index contributed by atoms with van der Waals surface area (Å²) in [6, 6.07) is 8.50. The number of rotatable bonds is 4. The van der Waals surface area contributed by atoms with Crippen molar-refractivity contribution in [2.45, 2.75) is 13.3 Å². The minimum atomic E-state index is 0.639. The van der Waals surface area contributed by atoms with Crippen molar-refractivity contribution in [2.24, 2.45) is 0 Å². The Morgan fingerprint density at radius 1 is 1.26 bits per heavy atom. The SMILES string of the molecule is Cc1cccc(CCNc2cncc3nnnn23)c1. The molecule has 2 aromatic heterocycles. The van der Waals surface area contributed by atoms with Gasteiger partial charge >= 0.3 is 0 Å². The smallest absolute Gasteiger partial charge is 0.199 e. The molecule has 0 unspecified atom stereocenters. The fourth-order valence-electron chi connectivity index (χ4n) is 2.00. The van der Waals surface area contributed by atoms with E-state index in [1.165, 1.54) is 11.1 Å². The van der Waals surface area contributed by atoms with E-state index in [2.05, 4.69) is 57.0 Å². The van der Waals surface area contributed by atoms with Crippen LogP contribution in [0.2, 0.25) is 0 Å². The number of benzene rings is 1. The average molecular weight is 254 g/mol. The van der Waals surface area contributed by atoms with E-state index < -0.39 is 0 Å². The summed E-state index contributed by atoms with van der Waals surface area (Å²) in [6.07, 6.45) is 4.30. The zero-order valence-electron chi connectivity index (χ0n) is 10.6. The van der Waals surface area contributed by atoms with Gasteiger partial charge in [-0.05, 0) is 29.3 Å². The van der Waals surface area contributed by atoms with Crippen molar-refractivity contribution >= 4 is 11.5 Å². The van der Waals surface area contributed by atoms with E-state index in [1.807, 2.05) is 0 Å². The van der Waals surface area contributed by atoms with Crippen molar-refractivity contribution < 1.29 is 0 Å². The van der Waals surface area contributed by atoms with Crippen LogP contribution in [0, 0.1) is 6.92 Å². The van der Waals surface area contributed by atoms with E-state index in [0.29, 0.717) is 5.65 Å². The van der Waals surface area contributed by atoms with Gasteiger partial charge < -0.3 is 5.32 Å². The van der Waals surface area contributed by atoms with Crippen molar-refractivity contribution in [2.75, 3.05) is 11.9 Å². The van der Waals surface area contributed by atoms with E-state index >= 15 is 0 Å². The first-order chi connectivity index (χ1) is 9.33. The Bertz CT molecular complexity index is 690. The molecule has 6 heteroatoms. The third-order valence-corrected chi connectivity index (χ3v) is 2.91. The van der Waals surface area contributed by atoms with E-state index in [1.54, 1.807) is 16.9 Å². The molecule has 1 N–H and O–H groups in total. The molecule has 0 saturated heterocycles. The van der Waals surface area contributed by atoms with Gasteiger partial charge in [-0.25, -0.2) is 0 Å². The number of nitrogens with zero attached hydrogens (tertiary/aromatic N) is 5. The normalized spacial score (nSPS) is 10.8. The number of hydrogen-bond acceptors (Lipinski definition) is 5. The maximum absolute atomic E-state index is 4.10. The zero-order chi connectivity index (χ0) is 13.1. The quantitative estimate of drug-likeness (QED) is 0.763. The number of anilines is 1. The highest BCUT2D eigenvalue weighted by Crippen LogP contribution is 2.08. The molecule has 0 aliphatic heterocycles. The van der Waals surface area contributed by atoms with Crippen LogP contribution in [0.1, 0.15) is 11.1 Å². The van der Waals surface area contributed by atoms with E-state index in [4.69, 9.17) is 0 Å². The van der Waals surface area contributed by atoms with Crippen LogP contribution < -0.4 is 5.32 Å². The minimum absolute atomic E-state index is 0.639. The van der Waals surface area contributed by atoms with Crippen LogP contribution in [-0.4, -0.2) is 31.6 Å². The van der Waals surface area contributed by atoms with E-state index in [-0.39, 0.29) is 0 Å². The molecule has 0 fully saturated rings. The van der Waals surface area contributed by atoms with Gasteiger partial charge in [0.2, 0.25) is 0 Å². The Balaban J connectivity index is 1.68. The number of hydrogen-bond donors (Lipinski definition) is 1. The van der Waals surface area contributed by atoms with Gasteiger partial charge in [-0.15, -0.1) is 5.10 Å². The van der Waals surface area contributed by atoms with Crippen LogP contribution in [0.4, 0.5) is 5.82 Å². The van der Waals surface area contributed by atoms with Crippen molar-refractivity contribution in [3.05, 3.63) is 47.8 Å². The summed E-state index contributed by atoms with van der Waals surface area (Å²) in [5.41, 5.74) is 3.23. The number of aryl methyl sites for hydroxylation is 1. The number of tetrazole rings is 1. The maximum Gasteiger partial charge on any atom is 0.199 e. The second-order valence-electron chi connectivity index (χ2n) is 4.41. The van der Waals surface area contributed by atoms with E-state index in [0.717, 1.165) is 18.8 Å². The predicted octanol–water partition coefficient (Wildman–Crippen LogP) is 1.48. The maximum atomic E-state index is 4.10. The molecule has 2 heterocycles. The standard InChI is InChI=1S/C13H14N6/c1-10-3-2-4-11(7-10)5-6-15-12-8-14-9-13-16-17-18-19(12)13/h2-4,7-9,15H,5-6H2,1H3. The molecule has 96 valence electrons. The molecular weight excluding hydrogens is 240 g/mol. The summed E-state index contributed by atoms with van der Waals surface area (Å²) in [6.45, 7) is 2.91. The van der Waals surface area contributed by atoms with Crippen molar-refractivity contribution in [3.63, 3.8) is 0 Å². The van der Waals surface area contributed by atoms with Crippen LogP contribution in [0.3, 0.4) is 0 Å². The zero-order valence-corrected chi connectivity index (χ0v) is 10.6. The van der Waals surface area contributed by atoms with Crippen molar-refractivity contribution in [1.82, 2.24) is 25.0 Å².